The molecule has 0 amide bonds. The van der Waals surface area contributed by atoms with Crippen LogP contribution in [-0.4, -0.2) is 11.1 Å². The van der Waals surface area contributed by atoms with Crippen LogP contribution in [0.1, 0.15) is 60.8 Å². The van der Waals surface area contributed by atoms with Gasteiger partial charge in [0.2, 0.25) is 0 Å². The Labute approximate surface area is 106 Å². The van der Waals surface area contributed by atoms with E-state index in [1.54, 1.807) is 0 Å². The van der Waals surface area contributed by atoms with Crippen molar-refractivity contribution >= 4 is 5.97 Å². The Bertz CT molecular complexity index is 261. The lowest BCUT2D eigenvalue weighted by Gasteiger charge is -2.18. The van der Waals surface area contributed by atoms with E-state index in [1.165, 1.54) is 0 Å². The fraction of sp³-hybridized carbons (Fsp3) is 0.800. The molecule has 0 rings (SSSR count). The first-order valence-corrected chi connectivity index (χ1v) is 6.68. The maximum absolute atomic E-state index is 11.4. The second-order valence-electron chi connectivity index (χ2n) is 6.18. The number of rotatable bonds is 7. The van der Waals surface area contributed by atoms with Gasteiger partial charge in [-0.2, -0.15) is 0 Å². The zero-order chi connectivity index (χ0) is 13.6. The van der Waals surface area contributed by atoms with Crippen molar-refractivity contribution in [2.45, 2.75) is 60.8 Å². The van der Waals surface area contributed by atoms with Crippen LogP contribution in [0.4, 0.5) is 0 Å². The standard InChI is InChI=1S/C15H28O2/c1-10(2)7-13(8-11(3)4)14(15(16)17)9-12(5)6/h10-12H,7-9H2,1-6H3,(H,16,17). The molecule has 100 valence electrons. The molecule has 17 heavy (non-hydrogen) atoms. The summed E-state index contributed by atoms with van der Waals surface area (Å²) < 4.78 is 0. The zero-order valence-corrected chi connectivity index (χ0v) is 12.2. The Balaban J connectivity index is 5.14. The molecule has 0 fully saturated rings. The largest absolute Gasteiger partial charge is 0.478 e. The third kappa shape index (κ3) is 7.19. The van der Waals surface area contributed by atoms with Crippen LogP contribution in [-0.2, 0) is 4.79 Å². The van der Waals surface area contributed by atoms with Gasteiger partial charge in [0.1, 0.15) is 0 Å². The van der Waals surface area contributed by atoms with Crippen LogP contribution in [0.3, 0.4) is 0 Å². The number of allylic oxidation sites excluding steroid dienone is 1. The van der Waals surface area contributed by atoms with Crippen LogP contribution in [0.5, 0.6) is 0 Å². The van der Waals surface area contributed by atoms with E-state index in [1.807, 2.05) is 0 Å². The van der Waals surface area contributed by atoms with E-state index in [0.717, 1.165) is 18.4 Å². The average Bonchev–Trinajstić information content (AvgIpc) is 2.10. The average molecular weight is 240 g/mol. The molecule has 0 radical (unpaired) electrons. The van der Waals surface area contributed by atoms with Crippen molar-refractivity contribution in [3.8, 4) is 0 Å². The molecule has 0 saturated heterocycles. The molecule has 0 unspecified atom stereocenters. The van der Waals surface area contributed by atoms with Crippen LogP contribution < -0.4 is 0 Å². The first-order valence-electron chi connectivity index (χ1n) is 6.68. The molecule has 0 atom stereocenters. The summed E-state index contributed by atoms with van der Waals surface area (Å²) in [6, 6.07) is 0. The normalized spacial score (nSPS) is 11.4. The number of carbonyl (C=O) groups is 1. The van der Waals surface area contributed by atoms with E-state index in [2.05, 4.69) is 41.5 Å². The Morgan fingerprint density at radius 2 is 1.18 bits per heavy atom. The maximum Gasteiger partial charge on any atom is 0.331 e. The van der Waals surface area contributed by atoms with Gasteiger partial charge < -0.3 is 5.11 Å². The van der Waals surface area contributed by atoms with Crippen LogP contribution in [0.15, 0.2) is 11.1 Å². The van der Waals surface area contributed by atoms with Gasteiger partial charge >= 0.3 is 5.97 Å². The van der Waals surface area contributed by atoms with E-state index in [4.69, 9.17) is 0 Å². The lowest BCUT2D eigenvalue weighted by atomic mass is 9.88. The van der Waals surface area contributed by atoms with Crippen molar-refractivity contribution in [2.75, 3.05) is 0 Å². The summed E-state index contributed by atoms with van der Waals surface area (Å²) in [7, 11) is 0. The Morgan fingerprint density at radius 3 is 1.41 bits per heavy atom. The SMILES string of the molecule is CC(C)CC(CC(C)C)=C(CC(C)C)C(=O)O. The zero-order valence-electron chi connectivity index (χ0n) is 12.2. The monoisotopic (exact) mass is 240 g/mol. The molecule has 0 spiro atoms. The number of aliphatic carboxylic acids is 1. The summed E-state index contributed by atoms with van der Waals surface area (Å²) in [4.78, 5) is 11.4. The topological polar surface area (TPSA) is 37.3 Å². The Morgan fingerprint density at radius 1 is 0.824 bits per heavy atom. The van der Waals surface area contributed by atoms with Crippen molar-refractivity contribution in [3.63, 3.8) is 0 Å². The van der Waals surface area contributed by atoms with Crippen LogP contribution >= 0.6 is 0 Å². The van der Waals surface area contributed by atoms with Crippen LogP contribution in [0, 0.1) is 17.8 Å². The van der Waals surface area contributed by atoms with E-state index >= 15 is 0 Å². The van der Waals surface area contributed by atoms with Crippen molar-refractivity contribution in [1.82, 2.24) is 0 Å². The summed E-state index contributed by atoms with van der Waals surface area (Å²) in [5.74, 6) is 0.709. The van der Waals surface area contributed by atoms with Crippen molar-refractivity contribution in [2.24, 2.45) is 17.8 Å². The van der Waals surface area contributed by atoms with Gasteiger partial charge in [-0.3, -0.25) is 0 Å². The van der Waals surface area contributed by atoms with E-state index < -0.39 is 5.97 Å². The lowest BCUT2D eigenvalue weighted by molar-refractivity contribution is -0.133. The van der Waals surface area contributed by atoms with Crippen LogP contribution in [0.2, 0.25) is 0 Å². The summed E-state index contributed by atoms with van der Waals surface area (Å²) in [6.45, 7) is 12.7. The molecule has 0 saturated carbocycles. The molecule has 1 N–H and O–H groups in total. The van der Waals surface area contributed by atoms with Gasteiger partial charge in [-0.1, -0.05) is 47.1 Å². The molecule has 0 aromatic rings. The number of hydrogen-bond acceptors (Lipinski definition) is 1. The predicted octanol–water partition coefficient (Wildman–Crippen LogP) is 4.51. The minimum Gasteiger partial charge on any atom is -0.478 e. The van der Waals surface area contributed by atoms with Crippen molar-refractivity contribution in [3.05, 3.63) is 11.1 Å². The highest BCUT2D eigenvalue weighted by Crippen LogP contribution is 2.26. The molecular formula is C15H28O2. The van der Waals surface area contributed by atoms with Gasteiger partial charge in [-0.15, -0.1) is 0 Å². The highest BCUT2D eigenvalue weighted by Gasteiger charge is 2.17. The quantitative estimate of drug-likeness (QED) is 0.665. The smallest absolute Gasteiger partial charge is 0.331 e. The molecule has 0 heterocycles. The van der Waals surface area contributed by atoms with Crippen molar-refractivity contribution in [1.29, 1.82) is 0 Å². The third-order valence-corrected chi connectivity index (χ3v) is 2.61. The van der Waals surface area contributed by atoms with Gasteiger partial charge in [0.05, 0.1) is 0 Å². The van der Waals surface area contributed by atoms with Gasteiger partial charge in [0.15, 0.2) is 0 Å². The highest BCUT2D eigenvalue weighted by molar-refractivity contribution is 5.87. The summed E-state index contributed by atoms with van der Waals surface area (Å²) >= 11 is 0. The molecule has 2 nitrogen and oxygen atoms in total. The van der Waals surface area contributed by atoms with Gasteiger partial charge in [-0.05, 0) is 37.0 Å². The lowest BCUT2D eigenvalue weighted by Crippen LogP contribution is -2.10. The number of carboxylic acid groups (broad SMARTS) is 1. The minimum absolute atomic E-state index is 0.399. The fourth-order valence-electron chi connectivity index (χ4n) is 2.11. The predicted molar refractivity (Wildman–Crippen MR) is 73.0 cm³/mol. The molecule has 2 heteroatoms. The second-order valence-corrected chi connectivity index (χ2v) is 6.18. The second kappa shape index (κ2) is 7.52. The van der Waals surface area contributed by atoms with Gasteiger partial charge in [0, 0.05) is 5.57 Å². The molecular weight excluding hydrogens is 212 g/mol. The molecule has 0 bridgehead atoms. The Kier molecular flexibility index (Phi) is 7.17. The maximum atomic E-state index is 11.4. The molecule has 0 aliphatic carbocycles. The first kappa shape index (κ1) is 16.2. The van der Waals surface area contributed by atoms with E-state index in [-0.39, 0.29) is 0 Å². The Hall–Kier alpha value is -0.790. The molecule has 0 aromatic heterocycles. The van der Waals surface area contributed by atoms with Gasteiger partial charge in [-0.25, -0.2) is 4.79 Å². The fourth-order valence-corrected chi connectivity index (χ4v) is 2.11. The van der Waals surface area contributed by atoms with Gasteiger partial charge in [0.25, 0.3) is 0 Å². The summed E-state index contributed by atoms with van der Waals surface area (Å²) in [5, 5.41) is 9.36. The number of hydrogen-bond donors (Lipinski definition) is 1. The van der Waals surface area contributed by atoms with Crippen LogP contribution in [0.25, 0.3) is 0 Å². The summed E-state index contributed by atoms with van der Waals surface area (Å²) in [5.41, 5.74) is 1.80. The van der Waals surface area contributed by atoms with E-state index in [9.17, 15) is 9.90 Å². The summed E-state index contributed by atoms with van der Waals surface area (Å²) in [6.07, 6.45) is 2.50. The minimum atomic E-state index is -0.727. The molecule has 0 aliphatic heterocycles. The molecule has 0 aliphatic rings. The highest BCUT2D eigenvalue weighted by atomic mass is 16.4. The number of carboxylic acids is 1. The van der Waals surface area contributed by atoms with Crippen molar-refractivity contribution < 1.29 is 9.90 Å². The third-order valence-electron chi connectivity index (χ3n) is 2.61. The molecule has 0 aromatic carbocycles. The first-order chi connectivity index (χ1) is 7.73. The van der Waals surface area contributed by atoms with E-state index in [0.29, 0.717) is 29.7 Å².